The molecule has 0 atom stereocenters. The summed E-state index contributed by atoms with van der Waals surface area (Å²) in [5.41, 5.74) is 2.44. The zero-order valence-corrected chi connectivity index (χ0v) is 18.4. The van der Waals surface area contributed by atoms with Crippen LogP contribution in [-0.4, -0.2) is 35.9 Å². The van der Waals surface area contributed by atoms with Gasteiger partial charge in [-0.2, -0.15) is 5.10 Å². The van der Waals surface area contributed by atoms with E-state index < -0.39 is 11.6 Å². The quantitative estimate of drug-likeness (QED) is 0.429. The van der Waals surface area contributed by atoms with E-state index in [2.05, 4.69) is 20.4 Å². The van der Waals surface area contributed by atoms with E-state index in [1.54, 1.807) is 36.1 Å². The number of benzene rings is 1. The van der Waals surface area contributed by atoms with Crippen LogP contribution in [0.15, 0.2) is 43.1 Å². The largest absolute Gasteiger partial charge is 0.396 e. The molecule has 5 rings (SSSR count). The minimum Gasteiger partial charge on any atom is -0.396 e. The lowest BCUT2D eigenvalue weighted by Gasteiger charge is -2.28. The van der Waals surface area contributed by atoms with Gasteiger partial charge >= 0.3 is 0 Å². The van der Waals surface area contributed by atoms with E-state index in [9.17, 15) is 8.78 Å². The number of hydrogen-bond donors (Lipinski definition) is 2. The monoisotopic (exact) mass is 452 g/mol. The molecule has 0 aliphatic heterocycles. The van der Waals surface area contributed by atoms with Crippen LogP contribution >= 0.6 is 0 Å². The van der Waals surface area contributed by atoms with Gasteiger partial charge < -0.3 is 10.4 Å². The predicted octanol–water partition coefficient (Wildman–Crippen LogP) is 5.04. The highest BCUT2D eigenvalue weighted by Gasteiger charge is 2.23. The lowest BCUT2D eigenvalue weighted by atomic mass is 9.84. The Morgan fingerprint density at radius 2 is 1.91 bits per heavy atom. The Kier molecular flexibility index (Phi) is 5.80. The normalized spacial score (nSPS) is 18.7. The first-order valence-corrected chi connectivity index (χ1v) is 11.2. The Bertz CT molecular complexity index is 1280. The number of nitrogens with zero attached hydrogens (tertiary/aromatic N) is 5. The van der Waals surface area contributed by atoms with Gasteiger partial charge in [0.25, 0.3) is 0 Å². The molecule has 172 valence electrons. The molecule has 1 aromatic carbocycles. The Morgan fingerprint density at radius 1 is 1.09 bits per heavy atom. The van der Waals surface area contributed by atoms with Gasteiger partial charge in [0, 0.05) is 36.8 Å². The van der Waals surface area contributed by atoms with Crippen LogP contribution in [0.2, 0.25) is 0 Å². The van der Waals surface area contributed by atoms with E-state index in [1.807, 2.05) is 10.9 Å². The maximum atomic E-state index is 14.5. The number of aryl methyl sites for hydroxylation is 1. The van der Waals surface area contributed by atoms with Crippen molar-refractivity contribution in [3.8, 4) is 11.3 Å². The average molecular weight is 453 g/mol. The van der Waals surface area contributed by atoms with Gasteiger partial charge in [-0.1, -0.05) is 0 Å². The molecular formula is C24H26F2N6O. The van der Waals surface area contributed by atoms with Gasteiger partial charge in [-0.05, 0) is 56.6 Å². The molecule has 1 aliphatic rings. The molecule has 33 heavy (non-hydrogen) atoms. The van der Waals surface area contributed by atoms with Crippen molar-refractivity contribution in [2.75, 3.05) is 11.9 Å². The number of rotatable bonds is 6. The van der Waals surface area contributed by atoms with E-state index in [-0.39, 0.29) is 12.2 Å². The summed E-state index contributed by atoms with van der Waals surface area (Å²) >= 11 is 0. The Balaban J connectivity index is 1.38. The first-order valence-electron chi connectivity index (χ1n) is 11.2. The summed E-state index contributed by atoms with van der Waals surface area (Å²) in [6.45, 7) is 1.86. The number of fused-ring (bicyclic) bond motifs is 1. The van der Waals surface area contributed by atoms with Crippen molar-refractivity contribution < 1.29 is 13.9 Å². The van der Waals surface area contributed by atoms with E-state index in [1.165, 1.54) is 6.07 Å². The second kappa shape index (κ2) is 8.90. The van der Waals surface area contributed by atoms with Crippen LogP contribution in [0.5, 0.6) is 0 Å². The summed E-state index contributed by atoms with van der Waals surface area (Å²) in [5.74, 6) is -0.103. The van der Waals surface area contributed by atoms with Crippen molar-refractivity contribution in [3.63, 3.8) is 0 Å². The van der Waals surface area contributed by atoms with E-state index in [0.717, 1.165) is 43.9 Å². The molecule has 0 radical (unpaired) electrons. The number of halogens is 2. The second-order valence-corrected chi connectivity index (χ2v) is 8.71. The minimum atomic E-state index is -0.648. The fourth-order valence-electron chi connectivity index (χ4n) is 4.68. The van der Waals surface area contributed by atoms with Crippen LogP contribution in [0.25, 0.3) is 16.9 Å². The van der Waals surface area contributed by atoms with Gasteiger partial charge in [0.1, 0.15) is 11.6 Å². The highest BCUT2D eigenvalue weighted by molar-refractivity contribution is 5.74. The predicted molar refractivity (Wildman–Crippen MR) is 121 cm³/mol. The molecule has 0 spiro atoms. The second-order valence-electron chi connectivity index (χ2n) is 8.71. The van der Waals surface area contributed by atoms with Gasteiger partial charge in [-0.3, -0.25) is 9.08 Å². The van der Waals surface area contributed by atoms with Gasteiger partial charge in [-0.15, -0.1) is 0 Å². The van der Waals surface area contributed by atoms with Crippen LogP contribution in [0.4, 0.5) is 20.3 Å². The molecule has 1 aliphatic carbocycles. The third-order valence-corrected chi connectivity index (χ3v) is 6.54. The molecular weight excluding hydrogens is 426 g/mol. The summed E-state index contributed by atoms with van der Waals surface area (Å²) < 4.78 is 32.0. The third-order valence-electron chi connectivity index (χ3n) is 6.54. The van der Waals surface area contributed by atoms with Crippen molar-refractivity contribution in [1.82, 2.24) is 24.1 Å². The number of aliphatic hydroxyl groups is 1. The molecule has 0 amide bonds. The van der Waals surface area contributed by atoms with Crippen molar-refractivity contribution >= 4 is 17.2 Å². The van der Waals surface area contributed by atoms with Crippen LogP contribution in [0.3, 0.4) is 0 Å². The van der Waals surface area contributed by atoms with Gasteiger partial charge in [-0.25, -0.2) is 18.7 Å². The fraction of sp³-hybridized carbons (Fsp3) is 0.375. The zero-order valence-electron chi connectivity index (χ0n) is 18.4. The molecule has 1 saturated carbocycles. The lowest BCUT2D eigenvalue weighted by molar-refractivity contribution is 0.202. The first-order chi connectivity index (χ1) is 16.0. The molecule has 4 aromatic rings. The molecule has 0 saturated heterocycles. The van der Waals surface area contributed by atoms with Crippen molar-refractivity contribution in [2.24, 2.45) is 5.92 Å². The number of nitrogens with one attached hydrogen (secondary N) is 1. The number of aromatic nitrogens is 5. The topological polar surface area (TPSA) is 80.3 Å². The Morgan fingerprint density at radius 3 is 2.70 bits per heavy atom. The van der Waals surface area contributed by atoms with E-state index >= 15 is 0 Å². The summed E-state index contributed by atoms with van der Waals surface area (Å²) in [5, 5.41) is 17.0. The number of imidazole rings is 1. The SMILES string of the molecule is Cc1cc(-c2cnc(Nc3cnn([C@H]4CC[C@H](CCO)CC4)c3)c3nccn23)c(F)cc1F. The minimum absolute atomic E-state index is 0.257. The number of anilines is 2. The molecule has 3 aromatic heterocycles. The molecule has 2 N–H and O–H groups in total. The highest BCUT2D eigenvalue weighted by Crippen LogP contribution is 2.34. The van der Waals surface area contributed by atoms with Gasteiger partial charge in [0.2, 0.25) is 0 Å². The van der Waals surface area contributed by atoms with Crippen molar-refractivity contribution in [2.45, 2.75) is 45.1 Å². The standard InChI is InChI=1S/C24H26F2N6O/c1-15-10-19(21(26)11-20(15)25)22-13-28-23(24-27-7-8-31(22)24)30-17-12-29-32(14-17)18-4-2-16(3-5-18)6-9-33/h7-8,10-14,16,18,33H,2-6,9H2,1H3,(H,28,30)/t16-,18-. The van der Waals surface area contributed by atoms with Crippen LogP contribution in [0.1, 0.15) is 43.7 Å². The molecule has 0 bridgehead atoms. The van der Waals surface area contributed by atoms with Crippen LogP contribution in [-0.2, 0) is 0 Å². The number of aliphatic hydroxyl groups excluding tert-OH is 1. The maximum Gasteiger partial charge on any atom is 0.180 e. The summed E-state index contributed by atoms with van der Waals surface area (Å²) in [4.78, 5) is 8.87. The molecule has 0 unspecified atom stereocenters. The van der Waals surface area contributed by atoms with Crippen LogP contribution in [0, 0.1) is 24.5 Å². The fourth-order valence-corrected chi connectivity index (χ4v) is 4.68. The smallest absolute Gasteiger partial charge is 0.180 e. The molecule has 9 heteroatoms. The van der Waals surface area contributed by atoms with Gasteiger partial charge in [0.15, 0.2) is 11.5 Å². The van der Waals surface area contributed by atoms with Gasteiger partial charge in [0.05, 0.1) is 29.8 Å². The van der Waals surface area contributed by atoms with E-state index in [4.69, 9.17) is 5.11 Å². The summed E-state index contributed by atoms with van der Waals surface area (Å²) in [7, 11) is 0. The molecule has 3 heterocycles. The lowest BCUT2D eigenvalue weighted by Crippen LogP contribution is -2.19. The third kappa shape index (κ3) is 4.20. The highest BCUT2D eigenvalue weighted by atomic mass is 19.1. The first kappa shape index (κ1) is 21.5. The zero-order chi connectivity index (χ0) is 22.9. The molecule has 7 nitrogen and oxygen atoms in total. The van der Waals surface area contributed by atoms with Crippen molar-refractivity contribution in [3.05, 3.63) is 60.3 Å². The number of hydrogen-bond acceptors (Lipinski definition) is 5. The Labute approximate surface area is 190 Å². The molecule has 1 fully saturated rings. The Hall–Kier alpha value is -3.33. The maximum absolute atomic E-state index is 14.5. The van der Waals surface area contributed by atoms with Crippen molar-refractivity contribution in [1.29, 1.82) is 0 Å². The summed E-state index contributed by atoms with van der Waals surface area (Å²) in [6, 6.07) is 2.72. The van der Waals surface area contributed by atoms with Crippen LogP contribution < -0.4 is 5.32 Å². The average Bonchev–Trinajstić information content (AvgIpc) is 3.48. The summed E-state index contributed by atoms with van der Waals surface area (Å²) in [6.07, 6.45) is 13.8. The van der Waals surface area contributed by atoms with E-state index in [0.29, 0.717) is 34.7 Å².